The van der Waals surface area contributed by atoms with Gasteiger partial charge in [-0.25, -0.2) is 5.43 Å². The molecule has 10 heteroatoms. The zero-order chi connectivity index (χ0) is 24.3. The maximum absolute atomic E-state index is 12.2. The number of carbonyl (C=O) groups is 2. The summed E-state index contributed by atoms with van der Waals surface area (Å²) >= 11 is 0. The summed E-state index contributed by atoms with van der Waals surface area (Å²) < 4.78 is 11.0. The number of hydrazone groups is 1. The van der Waals surface area contributed by atoms with E-state index in [1.165, 1.54) is 31.5 Å². The van der Waals surface area contributed by atoms with Crippen LogP contribution in [0.25, 0.3) is 0 Å². The molecule has 0 fully saturated rings. The number of amides is 2. The fourth-order valence-electron chi connectivity index (χ4n) is 3.03. The monoisotopic (exact) mass is 462 g/mol. The molecule has 0 saturated carbocycles. The summed E-state index contributed by atoms with van der Waals surface area (Å²) in [6, 6.07) is 20.0. The van der Waals surface area contributed by atoms with Gasteiger partial charge in [0.25, 0.3) is 11.6 Å². The van der Waals surface area contributed by atoms with Gasteiger partial charge in [-0.1, -0.05) is 42.5 Å². The Kier molecular flexibility index (Phi) is 8.28. The summed E-state index contributed by atoms with van der Waals surface area (Å²) in [6.45, 7) is -0.278. The van der Waals surface area contributed by atoms with E-state index >= 15 is 0 Å². The van der Waals surface area contributed by atoms with Gasteiger partial charge in [-0.15, -0.1) is 0 Å². The zero-order valence-electron chi connectivity index (χ0n) is 18.3. The van der Waals surface area contributed by atoms with E-state index in [0.29, 0.717) is 17.0 Å². The molecule has 2 amide bonds. The van der Waals surface area contributed by atoms with Crippen LogP contribution >= 0.6 is 0 Å². The SMILES string of the molecule is COc1cccc(C=NNC(=O)Cc2ccccc2[N+](=O)[O-])c1OCC(=O)Nc1ccccc1. The third kappa shape index (κ3) is 6.63. The van der Waals surface area contributed by atoms with Gasteiger partial charge in [0.1, 0.15) is 0 Å². The molecule has 0 aromatic heterocycles. The molecular weight excluding hydrogens is 440 g/mol. The lowest BCUT2D eigenvalue weighted by atomic mass is 10.1. The minimum atomic E-state index is -0.542. The first-order chi connectivity index (χ1) is 16.5. The molecule has 0 aliphatic heterocycles. The van der Waals surface area contributed by atoms with Gasteiger partial charge >= 0.3 is 0 Å². The Hall–Kier alpha value is -4.73. The molecule has 34 heavy (non-hydrogen) atoms. The molecule has 0 spiro atoms. The normalized spacial score (nSPS) is 10.5. The number of carbonyl (C=O) groups excluding carboxylic acids is 2. The van der Waals surface area contributed by atoms with E-state index in [1.807, 2.05) is 6.07 Å². The van der Waals surface area contributed by atoms with Gasteiger partial charge in [-0.05, 0) is 24.3 Å². The number of nitrogens with zero attached hydrogens (tertiary/aromatic N) is 2. The van der Waals surface area contributed by atoms with Crippen LogP contribution in [0.2, 0.25) is 0 Å². The van der Waals surface area contributed by atoms with Crippen molar-refractivity contribution < 1.29 is 24.0 Å². The average Bonchev–Trinajstić information content (AvgIpc) is 2.83. The molecule has 0 bridgehead atoms. The number of ether oxygens (including phenoxy) is 2. The lowest BCUT2D eigenvalue weighted by Crippen LogP contribution is -2.21. The predicted octanol–water partition coefficient (Wildman–Crippen LogP) is 3.31. The number of hydrogen-bond donors (Lipinski definition) is 2. The summed E-state index contributed by atoms with van der Waals surface area (Å²) in [6.07, 6.45) is 1.12. The Morgan fingerprint density at radius 2 is 1.74 bits per heavy atom. The minimum Gasteiger partial charge on any atom is -0.493 e. The van der Waals surface area contributed by atoms with Crippen molar-refractivity contribution in [1.82, 2.24) is 5.43 Å². The highest BCUT2D eigenvalue weighted by molar-refractivity contribution is 5.92. The van der Waals surface area contributed by atoms with Crippen LogP contribution in [0.1, 0.15) is 11.1 Å². The van der Waals surface area contributed by atoms with E-state index in [0.717, 1.165) is 0 Å². The lowest BCUT2D eigenvalue weighted by Gasteiger charge is -2.13. The van der Waals surface area contributed by atoms with Crippen molar-refractivity contribution >= 4 is 29.4 Å². The average molecular weight is 462 g/mol. The van der Waals surface area contributed by atoms with E-state index in [2.05, 4.69) is 15.8 Å². The molecule has 0 aliphatic carbocycles. The fraction of sp³-hybridized carbons (Fsp3) is 0.125. The zero-order valence-corrected chi connectivity index (χ0v) is 18.3. The molecule has 0 aliphatic rings. The van der Waals surface area contributed by atoms with E-state index in [9.17, 15) is 19.7 Å². The Balaban J connectivity index is 1.64. The van der Waals surface area contributed by atoms with Crippen molar-refractivity contribution in [2.75, 3.05) is 19.0 Å². The molecular formula is C24H22N4O6. The minimum absolute atomic E-state index is 0.140. The Labute approximate surface area is 195 Å². The number of anilines is 1. The summed E-state index contributed by atoms with van der Waals surface area (Å²) in [5.74, 6) is -0.247. The van der Waals surface area contributed by atoms with Gasteiger partial charge < -0.3 is 14.8 Å². The molecule has 3 rings (SSSR count). The Bertz CT molecular complexity index is 1200. The molecule has 0 heterocycles. The molecule has 3 aromatic rings. The van der Waals surface area contributed by atoms with Crippen LogP contribution in [-0.4, -0.2) is 36.7 Å². The third-order valence-electron chi connectivity index (χ3n) is 4.57. The number of para-hydroxylation sites is 3. The van der Waals surface area contributed by atoms with Crippen LogP contribution < -0.4 is 20.2 Å². The summed E-state index contributed by atoms with van der Waals surface area (Å²) in [5.41, 5.74) is 3.57. The number of rotatable bonds is 10. The summed E-state index contributed by atoms with van der Waals surface area (Å²) in [7, 11) is 1.46. The van der Waals surface area contributed by atoms with E-state index < -0.39 is 10.8 Å². The van der Waals surface area contributed by atoms with Crippen LogP contribution in [0.15, 0.2) is 77.9 Å². The Morgan fingerprint density at radius 3 is 2.47 bits per heavy atom. The molecule has 2 N–H and O–H groups in total. The molecule has 0 unspecified atom stereocenters. The first-order valence-electron chi connectivity index (χ1n) is 10.2. The van der Waals surface area contributed by atoms with Gasteiger partial charge in [0.15, 0.2) is 18.1 Å². The second kappa shape index (κ2) is 11.8. The largest absolute Gasteiger partial charge is 0.493 e. The first-order valence-corrected chi connectivity index (χ1v) is 10.2. The van der Waals surface area contributed by atoms with Gasteiger partial charge in [0.2, 0.25) is 5.91 Å². The van der Waals surface area contributed by atoms with Crippen molar-refractivity contribution in [3.63, 3.8) is 0 Å². The predicted molar refractivity (Wildman–Crippen MR) is 126 cm³/mol. The highest BCUT2D eigenvalue weighted by Gasteiger charge is 2.15. The van der Waals surface area contributed by atoms with Gasteiger partial charge in [0, 0.05) is 22.9 Å². The van der Waals surface area contributed by atoms with Gasteiger partial charge in [-0.3, -0.25) is 19.7 Å². The fourth-order valence-corrected chi connectivity index (χ4v) is 3.03. The molecule has 0 radical (unpaired) electrons. The molecule has 3 aromatic carbocycles. The maximum atomic E-state index is 12.2. The number of nitrogens with one attached hydrogen (secondary N) is 2. The van der Waals surface area contributed by atoms with Gasteiger partial charge in [0.05, 0.1) is 24.7 Å². The van der Waals surface area contributed by atoms with Crippen molar-refractivity contribution in [3.05, 3.63) is 94.0 Å². The van der Waals surface area contributed by atoms with Crippen LogP contribution in [-0.2, 0) is 16.0 Å². The van der Waals surface area contributed by atoms with Crippen molar-refractivity contribution in [3.8, 4) is 11.5 Å². The number of nitro groups is 1. The number of hydrogen-bond acceptors (Lipinski definition) is 7. The van der Waals surface area contributed by atoms with Crippen molar-refractivity contribution in [2.45, 2.75) is 6.42 Å². The van der Waals surface area contributed by atoms with Crippen LogP contribution in [0.5, 0.6) is 11.5 Å². The van der Waals surface area contributed by atoms with Crippen LogP contribution in [0, 0.1) is 10.1 Å². The summed E-state index contributed by atoms with van der Waals surface area (Å²) in [5, 5.41) is 17.7. The smallest absolute Gasteiger partial charge is 0.273 e. The van der Waals surface area contributed by atoms with Crippen LogP contribution in [0.4, 0.5) is 11.4 Å². The molecule has 0 atom stereocenters. The first kappa shape index (κ1) is 23.9. The van der Waals surface area contributed by atoms with E-state index in [-0.39, 0.29) is 35.9 Å². The second-order valence-corrected chi connectivity index (χ2v) is 6.94. The topological polar surface area (TPSA) is 132 Å². The highest BCUT2D eigenvalue weighted by Crippen LogP contribution is 2.30. The number of methoxy groups -OCH3 is 1. The van der Waals surface area contributed by atoms with Crippen molar-refractivity contribution in [1.29, 1.82) is 0 Å². The molecule has 0 saturated heterocycles. The van der Waals surface area contributed by atoms with Crippen molar-refractivity contribution in [2.24, 2.45) is 5.10 Å². The van der Waals surface area contributed by atoms with Crippen LogP contribution in [0.3, 0.4) is 0 Å². The Morgan fingerprint density at radius 1 is 1.00 bits per heavy atom. The number of nitro benzene ring substituents is 1. The standard InChI is InChI=1S/C24H22N4O6/c1-33-21-13-7-9-18(24(21)34-16-23(30)26-19-10-3-2-4-11-19)15-25-27-22(29)14-17-8-5-6-12-20(17)28(31)32/h2-13,15H,14,16H2,1H3,(H,26,30)(H,27,29). The lowest BCUT2D eigenvalue weighted by molar-refractivity contribution is -0.385. The molecule has 174 valence electrons. The van der Waals surface area contributed by atoms with E-state index in [4.69, 9.17) is 9.47 Å². The third-order valence-corrected chi connectivity index (χ3v) is 4.57. The second-order valence-electron chi connectivity index (χ2n) is 6.94. The van der Waals surface area contributed by atoms with Gasteiger partial charge in [-0.2, -0.15) is 5.10 Å². The number of benzene rings is 3. The van der Waals surface area contributed by atoms with E-state index in [1.54, 1.807) is 48.5 Å². The molecule has 10 nitrogen and oxygen atoms in total. The highest BCUT2D eigenvalue weighted by atomic mass is 16.6. The quantitative estimate of drug-likeness (QED) is 0.270. The maximum Gasteiger partial charge on any atom is 0.273 e. The summed E-state index contributed by atoms with van der Waals surface area (Å²) in [4.78, 5) is 35.0.